The van der Waals surface area contributed by atoms with Gasteiger partial charge < -0.3 is 18.3 Å². The van der Waals surface area contributed by atoms with E-state index in [1.54, 1.807) is 44.5 Å². The van der Waals surface area contributed by atoms with Gasteiger partial charge in [-0.2, -0.15) is 38.4 Å². The molecule has 8 aliphatic rings. The highest BCUT2D eigenvalue weighted by Gasteiger charge is 2.37. The molecule has 0 saturated heterocycles. The molecule has 0 unspecified atom stereocenters. The summed E-state index contributed by atoms with van der Waals surface area (Å²) in [5, 5.41) is 8.25. The van der Waals surface area contributed by atoms with E-state index in [4.69, 9.17) is 58.3 Å². The summed E-state index contributed by atoms with van der Waals surface area (Å²) in [7, 11) is 0. The summed E-state index contributed by atoms with van der Waals surface area (Å²) in [6.45, 7) is 21.5. The predicted octanol–water partition coefficient (Wildman–Crippen LogP) is 17.9. The zero-order valence-electron chi connectivity index (χ0n) is 72.6. The SMILES string of the molecule is CC(C)n1ccnc1-c1cccc(N2Cc3ccc(C4CCCC4)cc3C2=O)n1.CC(C)n1ccnc1-c1cccc(N2Cc3ccc(C4CCCC4)cc3C2=O)n1.CC(C)n1cnnc1-c1cccc(N2Cc3ccc(C4CCC4)cc3C2=O)n1.CC1CC(c2ccc3c(c2)C(=O)N(c2cccc(-c4nccn4C(C)C)n2)C3)C1.O=C=O.O=C=O.O=C=O.O=C=O. The second-order valence-corrected chi connectivity index (χ2v) is 33.9. The van der Waals surface area contributed by atoms with Crippen molar-refractivity contribution in [2.75, 3.05) is 19.6 Å². The zero-order chi connectivity index (χ0) is 90.1. The number of nitrogens with zero attached hydrogens (tertiary/aromatic N) is 17. The molecule has 12 heterocycles. The fraction of sp³-hybridized carbons (Fsp3) is 0.357. The highest BCUT2D eigenvalue weighted by molar-refractivity contribution is 6.12. The fourth-order valence-electron chi connectivity index (χ4n) is 17.8. The van der Waals surface area contributed by atoms with Gasteiger partial charge in [0.15, 0.2) is 23.3 Å². The van der Waals surface area contributed by atoms with Gasteiger partial charge in [-0.05, 0) is 254 Å². The first-order chi connectivity index (χ1) is 61.5. The Bertz CT molecular complexity index is 5870. The third-order valence-corrected chi connectivity index (χ3v) is 24.6. The van der Waals surface area contributed by atoms with Crippen molar-refractivity contribution >= 4 is 71.5 Å². The van der Waals surface area contributed by atoms with Crippen LogP contribution in [-0.4, -0.2) is 112 Å². The van der Waals surface area contributed by atoms with Crippen molar-refractivity contribution in [2.45, 2.75) is 220 Å². The number of benzene rings is 4. The first-order valence-electron chi connectivity index (χ1n) is 43.2. The summed E-state index contributed by atoms with van der Waals surface area (Å²) in [6.07, 6.45) is 30.4. The van der Waals surface area contributed by atoms with Gasteiger partial charge >= 0.3 is 24.6 Å². The van der Waals surface area contributed by atoms with Crippen molar-refractivity contribution in [2.24, 2.45) is 5.92 Å². The summed E-state index contributed by atoms with van der Waals surface area (Å²) in [5.41, 5.74) is 16.0. The third-order valence-electron chi connectivity index (χ3n) is 24.6. The van der Waals surface area contributed by atoms with E-state index in [1.807, 2.05) is 96.0 Å². The first-order valence-corrected chi connectivity index (χ1v) is 43.2. The molecule has 0 spiro atoms. The molecule has 4 aliphatic heterocycles. The third kappa shape index (κ3) is 20.2. The summed E-state index contributed by atoms with van der Waals surface area (Å²) in [4.78, 5) is 157. The van der Waals surface area contributed by atoms with Gasteiger partial charge in [-0.25, -0.2) is 34.9 Å². The summed E-state index contributed by atoms with van der Waals surface area (Å²) in [5.74, 6) is 9.33. The number of amides is 4. The van der Waals surface area contributed by atoms with Crippen molar-refractivity contribution in [3.8, 4) is 46.1 Å². The van der Waals surface area contributed by atoms with E-state index in [-0.39, 0.29) is 54.3 Å². The molecule has 12 aromatic rings. The van der Waals surface area contributed by atoms with Crippen LogP contribution in [0.3, 0.4) is 0 Å². The molecule has 20 rings (SSSR count). The maximum Gasteiger partial charge on any atom is 0.373 e. The average molecular weight is 1710 g/mol. The number of carbonyl (C=O) groups is 4. The number of aromatic nitrogens is 13. The Balaban J connectivity index is 0.000000139. The number of hydrogen-bond acceptors (Lipinski definition) is 21. The number of pyridine rings is 4. The summed E-state index contributed by atoms with van der Waals surface area (Å²) in [6, 6.07) is 50.1. The Morgan fingerprint density at radius 2 is 0.583 bits per heavy atom. The van der Waals surface area contributed by atoms with Crippen LogP contribution in [0.5, 0.6) is 0 Å². The quantitative estimate of drug-likeness (QED) is 0.0867. The van der Waals surface area contributed by atoms with E-state index < -0.39 is 0 Å². The lowest BCUT2D eigenvalue weighted by Crippen LogP contribution is -2.24. The first kappa shape index (κ1) is 90.4. The Morgan fingerprint density at radius 1 is 0.323 bits per heavy atom. The monoisotopic (exact) mass is 1710 g/mol. The van der Waals surface area contributed by atoms with Crippen molar-refractivity contribution in [3.63, 3.8) is 0 Å². The van der Waals surface area contributed by atoms with Crippen LogP contribution >= 0.6 is 0 Å². The van der Waals surface area contributed by atoms with Crippen LogP contribution in [0, 0.1) is 5.92 Å². The van der Waals surface area contributed by atoms with Crippen molar-refractivity contribution < 1.29 is 57.5 Å². The van der Waals surface area contributed by atoms with E-state index in [2.05, 4.69) is 174 Å². The van der Waals surface area contributed by atoms with Gasteiger partial charge in [-0.3, -0.25) is 38.8 Å². The molecule has 127 heavy (non-hydrogen) atoms. The molecule has 0 atom stereocenters. The van der Waals surface area contributed by atoms with Crippen LogP contribution in [0.4, 0.5) is 23.3 Å². The second-order valence-electron chi connectivity index (χ2n) is 33.9. The maximum atomic E-state index is 13.2. The molecule has 0 bridgehead atoms. The molecule has 0 N–H and O–H groups in total. The predicted molar refractivity (Wildman–Crippen MR) is 469 cm³/mol. The molecule has 29 nitrogen and oxygen atoms in total. The van der Waals surface area contributed by atoms with Crippen LogP contribution < -0.4 is 19.6 Å². The Hall–Kier alpha value is -14.4. The molecule has 4 aliphatic carbocycles. The molecule has 0 radical (unpaired) electrons. The van der Waals surface area contributed by atoms with E-state index in [9.17, 15) is 19.2 Å². The van der Waals surface area contributed by atoms with Crippen molar-refractivity contribution in [1.29, 1.82) is 0 Å². The number of carbonyl (C=O) groups excluding carboxylic acids is 12. The van der Waals surface area contributed by atoms with Crippen LogP contribution in [0.2, 0.25) is 0 Å². The smallest absolute Gasteiger partial charge is 0.327 e. The Kier molecular flexibility index (Phi) is 29.5. The van der Waals surface area contributed by atoms with Gasteiger partial charge in [-0.15, -0.1) is 10.2 Å². The lowest BCUT2D eigenvalue weighted by atomic mass is 9.72. The molecule has 4 amide bonds. The minimum atomic E-state index is 0.0335. The van der Waals surface area contributed by atoms with E-state index in [0.717, 1.165) is 90.7 Å². The van der Waals surface area contributed by atoms with Crippen LogP contribution in [0.1, 0.15) is 280 Å². The molecular formula is C98H101N17O12. The van der Waals surface area contributed by atoms with E-state index >= 15 is 0 Å². The lowest BCUT2D eigenvalue weighted by molar-refractivity contribution is -0.193. The Morgan fingerprint density at radius 3 is 0.835 bits per heavy atom. The molecule has 29 heteroatoms. The fourth-order valence-corrected chi connectivity index (χ4v) is 17.8. The molecule has 4 aromatic carbocycles. The van der Waals surface area contributed by atoms with Gasteiger partial charge in [-0.1, -0.05) is 112 Å². The van der Waals surface area contributed by atoms with Gasteiger partial charge in [0.05, 0.1) is 26.2 Å². The largest absolute Gasteiger partial charge is 0.373 e. The maximum absolute atomic E-state index is 13.2. The highest BCUT2D eigenvalue weighted by Crippen LogP contribution is 2.45. The number of imidazole rings is 3. The van der Waals surface area contributed by atoms with E-state index in [0.29, 0.717) is 97.1 Å². The molecule has 650 valence electrons. The molecule has 4 fully saturated rings. The van der Waals surface area contributed by atoms with Gasteiger partial charge in [0.25, 0.3) is 23.6 Å². The Labute approximate surface area is 735 Å². The second kappa shape index (κ2) is 41.4. The molecule has 4 saturated carbocycles. The number of hydrogen-bond donors (Lipinski definition) is 0. The van der Waals surface area contributed by atoms with E-state index in [1.165, 1.54) is 106 Å². The topological polar surface area (TPSA) is 354 Å². The number of fused-ring (bicyclic) bond motifs is 4. The average Bonchev–Trinajstić information content (AvgIpc) is 1.63. The zero-order valence-corrected chi connectivity index (χ0v) is 72.6. The van der Waals surface area contributed by atoms with Gasteiger partial charge in [0.1, 0.15) is 52.4 Å². The van der Waals surface area contributed by atoms with Gasteiger partial charge in [0.2, 0.25) is 0 Å². The van der Waals surface area contributed by atoms with Crippen LogP contribution in [-0.2, 0) is 64.5 Å². The van der Waals surface area contributed by atoms with Crippen molar-refractivity contribution in [1.82, 2.24) is 63.4 Å². The minimum absolute atomic E-state index is 0.0335. The number of rotatable bonds is 16. The standard InChI is InChI=1S/3C24H26N4O.C22H23N5O.4CO2/c1-15(2)27-10-9-25-23(27)21-5-4-6-22(26-21)28-14-18-8-7-17(13-20(18)24(28)29)19-11-16(3)12-19;2*1-16(2)27-13-12-25-23(27)21-8-5-9-22(26-21)28-15-19-11-10-18(14-20(19)24(28)29)17-6-3-4-7-17;1-14(2)27-13-23-25-21(27)19-7-4-8-20(24-19)26-12-17-10-9-16(15-5-3-6-15)11-18(17)22(26)28;4*2-1-3/h4-10,13,15-16,19H,11-12,14H2,1-3H3;2*5,8-14,16-17H,3-4,6-7,15H2,1-2H3;4,7-11,13-15H,3,5-6,12H2,1-2H3;;;;. The molecular weight excluding hydrogens is 1610 g/mol. The highest BCUT2D eigenvalue weighted by atomic mass is 16.2. The van der Waals surface area contributed by atoms with Crippen LogP contribution in [0.15, 0.2) is 189 Å². The van der Waals surface area contributed by atoms with Crippen LogP contribution in [0.25, 0.3) is 46.1 Å². The molecule has 8 aromatic heterocycles. The number of anilines is 4. The van der Waals surface area contributed by atoms with Gasteiger partial charge in [0, 0.05) is 83.6 Å². The normalized spacial score (nSPS) is 16.3. The summed E-state index contributed by atoms with van der Waals surface area (Å²) >= 11 is 0. The van der Waals surface area contributed by atoms with Crippen molar-refractivity contribution in [3.05, 3.63) is 256 Å². The summed E-state index contributed by atoms with van der Waals surface area (Å²) < 4.78 is 8.28. The minimum Gasteiger partial charge on any atom is -0.327 e. The lowest BCUT2D eigenvalue weighted by Gasteiger charge is -2.33.